The summed E-state index contributed by atoms with van der Waals surface area (Å²) in [5, 5.41) is 21.4. The third-order valence-corrected chi connectivity index (χ3v) is 5.03. The van der Waals surface area contributed by atoms with Crippen LogP contribution >= 0.6 is 11.6 Å². The van der Waals surface area contributed by atoms with E-state index in [1.807, 2.05) is 0 Å². The van der Waals surface area contributed by atoms with E-state index in [0.717, 1.165) is 0 Å². The lowest BCUT2D eigenvalue weighted by molar-refractivity contribution is -0.132. The first-order valence-corrected chi connectivity index (χ1v) is 9.26. The molecule has 0 aliphatic carbocycles. The van der Waals surface area contributed by atoms with E-state index in [4.69, 9.17) is 11.6 Å². The lowest BCUT2D eigenvalue weighted by atomic mass is 9.95. The van der Waals surface area contributed by atoms with Crippen molar-refractivity contribution in [1.29, 1.82) is 0 Å². The molecular formula is C23H16ClNO4. The van der Waals surface area contributed by atoms with Gasteiger partial charge < -0.3 is 10.2 Å². The Morgan fingerprint density at radius 1 is 0.897 bits per heavy atom. The van der Waals surface area contributed by atoms with Gasteiger partial charge in [0.15, 0.2) is 0 Å². The molecule has 3 aromatic rings. The lowest BCUT2D eigenvalue weighted by Gasteiger charge is -2.25. The van der Waals surface area contributed by atoms with E-state index >= 15 is 0 Å². The molecule has 1 aliphatic heterocycles. The molecule has 6 heteroatoms. The van der Waals surface area contributed by atoms with Crippen molar-refractivity contribution in [3.05, 3.63) is 101 Å². The molecule has 1 aliphatic rings. The van der Waals surface area contributed by atoms with Gasteiger partial charge in [-0.3, -0.25) is 14.5 Å². The van der Waals surface area contributed by atoms with Gasteiger partial charge >= 0.3 is 0 Å². The Morgan fingerprint density at radius 2 is 1.59 bits per heavy atom. The summed E-state index contributed by atoms with van der Waals surface area (Å²) in [5.41, 5.74) is 1.33. The van der Waals surface area contributed by atoms with Crippen LogP contribution in [-0.4, -0.2) is 21.9 Å². The molecule has 5 nitrogen and oxygen atoms in total. The van der Waals surface area contributed by atoms with Crippen LogP contribution in [-0.2, 0) is 9.59 Å². The van der Waals surface area contributed by atoms with Crippen LogP contribution in [0.1, 0.15) is 17.2 Å². The van der Waals surface area contributed by atoms with Crippen LogP contribution in [0.3, 0.4) is 0 Å². The summed E-state index contributed by atoms with van der Waals surface area (Å²) in [6.45, 7) is 0. The monoisotopic (exact) mass is 405 g/mol. The second kappa shape index (κ2) is 7.45. The highest BCUT2D eigenvalue weighted by Crippen LogP contribution is 2.42. The van der Waals surface area contributed by atoms with Crippen LogP contribution in [0.5, 0.6) is 5.75 Å². The topological polar surface area (TPSA) is 77.8 Å². The molecule has 2 N–H and O–H groups in total. The number of ketones is 1. The maximum absolute atomic E-state index is 12.9. The van der Waals surface area contributed by atoms with Gasteiger partial charge in [0, 0.05) is 16.3 Å². The van der Waals surface area contributed by atoms with E-state index in [0.29, 0.717) is 21.8 Å². The van der Waals surface area contributed by atoms with Gasteiger partial charge in [0.25, 0.3) is 11.7 Å². The van der Waals surface area contributed by atoms with Gasteiger partial charge in [0.2, 0.25) is 0 Å². The largest absolute Gasteiger partial charge is 0.508 e. The van der Waals surface area contributed by atoms with Gasteiger partial charge in [-0.15, -0.1) is 0 Å². The first-order chi connectivity index (χ1) is 14.0. The molecule has 0 spiro atoms. The zero-order chi connectivity index (χ0) is 20.5. The molecule has 3 aromatic carbocycles. The first-order valence-electron chi connectivity index (χ1n) is 8.88. The Balaban J connectivity index is 1.95. The van der Waals surface area contributed by atoms with Crippen molar-refractivity contribution in [3.8, 4) is 5.75 Å². The molecule has 1 fully saturated rings. The zero-order valence-electron chi connectivity index (χ0n) is 15.1. The van der Waals surface area contributed by atoms with Crippen LogP contribution in [0, 0.1) is 0 Å². The van der Waals surface area contributed by atoms with Gasteiger partial charge in [-0.1, -0.05) is 41.9 Å². The second-order valence-corrected chi connectivity index (χ2v) is 7.04. The van der Waals surface area contributed by atoms with Gasteiger partial charge in [-0.05, 0) is 54.1 Å². The van der Waals surface area contributed by atoms with Crippen molar-refractivity contribution in [1.82, 2.24) is 0 Å². The number of phenols is 1. The zero-order valence-corrected chi connectivity index (χ0v) is 15.9. The minimum atomic E-state index is -0.889. The predicted octanol–water partition coefficient (Wildman–Crippen LogP) is 4.67. The third-order valence-electron chi connectivity index (χ3n) is 4.78. The Kier molecular flexibility index (Phi) is 4.82. The average molecular weight is 406 g/mol. The minimum Gasteiger partial charge on any atom is -0.508 e. The molecule has 1 unspecified atom stereocenters. The molecule has 1 saturated heterocycles. The number of phenolic OH excluding ortho intramolecular Hbond substituents is 1. The maximum Gasteiger partial charge on any atom is 0.300 e. The van der Waals surface area contributed by atoms with Crippen LogP contribution in [0.15, 0.2) is 84.4 Å². The smallest absolute Gasteiger partial charge is 0.300 e. The molecule has 1 atom stereocenters. The summed E-state index contributed by atoms with van der Waals surface area (Å²) in [7, 11) is 0. The highest BCUT2D eigenvalue weighted by Gasteiger charge is 2.46. The number of hydrogen-bond donors (Lipinski definition) is 2. The lowest BCUT2D eigenvalue weighted by Crippen LogP contribution is -2.29. The number of hydrogen-bond acceptors (Lipinski definition) is 4. The van der Waals surface area contributed by atoms with Crippen molar-refractivity contribution in [3.63, 3.8) is 0 Å². The van der Waals surface area contributed by atoms with Crippen molar-refractivity contribution in [2.75, 3.05) is 4.90 Å². The van der Waals surface area contributed by atoms with Crippen molar-refractivity contribution in [2.45, 2.75) is 6.04 Å². The summed E-state index contributed by atoms with van der Waals surface area (Å²) in [6, 6.07) is 20.5. The number of amides is 1. The minimum absolute atomic E-state index is 0.00681. The highest BCUT2D eigenvalue weighted by molar-refractivity contribution is 6.51. The Labute approximate surface area is 172 Å². The fourth-order valence-corrected chi connectivity index (χ4v) is 3.59. The number of carbonyl (C=O) groups excluding carboxylic acids is 2. The number of anilines is 1. The van der Waals surface area contributed by atoms with Crippen molar-refractivity contribution in [2.24, 2.45) is 0 Å². The Morgan fingerprint density at radius 3 is 2.24 bits per heavy atom. The molecule has 1 heterocycles. The summed E-state index contributed by atoms with van der Waals surface area (Å²) < 4.78 is 0. The number of rotatable bonds is 3. The first kappa shape index (κ1) is 18.8. The number of Topliss-reactive ketones (excluding diaryl/α,β-unsaturated/α-hetero) is 1. The third kappa shape index (κ3) is 3.37. The SMILES string of the molecule is O=C1C(=O)N(c2ccccc2)C(c2cccc(O)c2)/C1=C(/O)c1ccc(Cl)cc1. The van der Waals surface area contributed by atoms with E-state index in [-0.39, 0.29) is 17.1 Å². The fourth-order valence-electron chi connectivity index (χ4n) is 3.46. The summed E-state index contributed by atoms with van der Waals surface area (Å²) in [4.78, 5) is 27.2. The molecule has 1 amide bonds. The molecule has 144 valence electrons. The Bertz CT molecular complexity index is 1120. The molecule has 0 saturated carbocycles. The van der Waals surface area contributed by atoms with Crippen LogP contribution in [0.4, 0.5) is 5.69 Å². The summed E-state index contributed by atoms with van der Waals surface area (Å²) in [5.74, 6) is -1.85. The molecule has 0 aromatic heterocycles. The predicted molar refractivity (Wildman–Crippen MR) is 111 cm³/mol. The van der Waals surface area contributed by atoms with E-state index < -0.39 is 17.7 Å². The number of nitrogens with zero attached hydrogens (tertiary/aromatic N) is 1. The van der Waals surface area contributed by atoms with Crippen molar-refractivity contribution < 1.29 is 19.8 Å². The number of benzene rings is 3. The van der Waals surface area contributed by atoms with Gasteiger partial charge in [0.05, 0.1) is 11.6 Å². The highest BCUT2D eigenvalue weighted by atomic mass is 35.5. The van der Waals surface area contributed by atoms with E-state index in [2.05, 4.69) is 0 Å². The molecular weight excluding hydrogens is 390 g/mol. The van der Waals surface area contributed by atoms with E-state index in [9.17, 15) is 19.8 Å². The van der Waals surface area contributed by atoms with Gasteiger partial charge in [-0.25, -0.2) is 0 Å². The second-order valence-electron chi connectivity index (χ2n) is 6.61. The number of carbonyl (C=O) groups is 2. The number of halogens is 1. The number of aromatic hydroxyl groups is 1. The van der Waals surface area contributed by atoms with Crippen LogP contribution < -0.4 is 4.90 Å². The van der Waals surface area contributed by atoms with E-state index in [1.165, 1.54) is 17.0 Å². The number of aliphatic hydroxyl groups is 1. The molecule has 29 heavy (non-hydrogen) atoms. The van der Waals surface area contributed by atoms with Crippen LogP contribution in [0.2, 0.25) is 5.02 Å². The quantitative estimate of drug-likeness (QED) is 0.377. The number of para-hydroxylation sites is 1. The van der Waals surface area contributed by atoms with Crippen molar-refractivity contribution >= 4 is 34.7 Å². The van der Waals surface area contributed by atoms with Gasteiger partial charge in [-0.2, -0.15) is 0 Å². The maximum atomic E-state index is 12.9. The normalized spacial score (nSPS) is 18.2. The number of aliphatic hydroxyl groups excluding tert-OH is 1. The Hall–Kier alpha value is -3.57. The summed E-state index contributed by atoms with van der Waals surface area (Å²) in [6.07, 6.45) is 0. The molecule has 0 radical (unpaired) electrons. The average Bonchev–Trinajstić information content (AvgIpc) is 2.99. The van der Waals surface area contributed by atoms with E-state index in [1.54, 1.807) is 66.7 Å². The van der Waals surface area contributed by atoms with Crippen LogP contribution in [0.25, 0.3) is 5.76 Å². The van der Waals surface area contributed by atoms with Gasteiger partial charge in [0.1, 0.15) is 11.5 Å². The standard InChI is InChI=1S/C23H16ClNO4/c24-16-11-9-14(10-12-16)21(27)19-20(15-5-4-8-18(26)13-15)25(23(29)22(19)28)17-6-2-1-3-7-17/h1-13,20,26-27H/b21-19-. The molecule has 0 bridgehead atoms. The summed E-state index contributed by atoms with van der Waals surface area (Å²) >= 11 is 5.92. The fraction of sp³-hybridized carbons (Fsp3) is 0.0435. The molecule has 4 rings (SSSR count).